The van der Waals surface area contributed by atoms with E-state index in [1.165, 1.54) is 71.6 Å². The van der Waals surface area contributed by atoms with E-state index in [1.807, 2.05) is 12.1 Å². The smallest absolute Gasteiger partial charge is 0.0991 e. The van der Waals surface area contributed by atoms with Crippen LogP contribution in [0.15, 0.2) is 164 Å². The first-order chi connectivity index (χ1) is 25.1. The first-order valence-electron chi connectivity index (χ1n) is 17.8. The Kier molecular flexibility index (Phi) is 6.38. The first kappa shape index (κ1) is 29.5. The summed E-state index contributed by atoms with van der Waals surface area (Å²) in [4.78, 5) is 2.38. The van der Waals surface area contributed by atoms with Crippen molar-refractivity contribution in [2.75, 3.05) is 4.90 Å². The summed E-state index contributed by atoms with van der Waals surface area (Å²) in [6.45, 7) is 4.47. The second-order valence-electron chi connectivity index (χ2n) is 14.2. The Morgan fingerprint density at radius 2 is 1.10 bits per heavy atom. The maximum atomic E-state index is 9.71. The van der Waals surface area contributed by atoms with Gasteiger partial charge in [0.2, 0.25) is 0 Å². The summed E-state index contributed by atoms with van der Waals surface area (Å²) in [6, 6.07) is 62.3. The summed E-state index contributed by atoms with van der Waals surface area (Å²) in [6.07, 6.45) is 0. The molecule has 8 aromatic carbocycles. The molecule has 0 aliphatic heterocycles. The highest BCUT2D eigenvalue weighted by Gasteiger charge is 2.53. The SMILES string of the molecule is CC(C)c1ccc(N(c2ccc(C#N)cc2)c2cc3c(c4ccccc24)-c2ccc4ccccc4c2C32c3ccccc3-c3ccccc32)cc1. The number of nitriles is 1. The molecule has 0 atom stereocenters. The van der Waals surface area contributed by atoms with Crippen LogP contribution in [0.1, 0.15) is 53.1 Å². The third-order valence-electron chi connectivity index (χ3n) is 11.3. The minimum absolute atomic E-state index is 0.430. The van der Waals surface area contributed by atoms with Crippen molar-refractivity contribution in [3.8, 4) is 28.3 Å². The van der Waals surface area contributed by atoms with Gasteiger partial charge in [-0.3, -0.25) is 0 Å². The minimum atomic E-state index is -0.519. The van der Waals surface area contributed by atoms with Crippen LogP contribution in [0.5, 0.6) is 0 Å². The number of hydrogen-bond donors (Lipinski definition) is 0. The van der Waals surface area contributed by atoms with E-state index >= 15 is 0 Å². The molecule has 2 heteroatoms. The average Bonchev–Trinajstić information content (AvgIpc) is 3.66. The van der Waals surface area contributed by atoms with Gasteiger partial charge in [0.05, 0.1) is 22.7 Å². The van der Waals surface area contributed by atoms with Gasteiger partial charge in [-0.2, -0.15) is 5.26 Å². The minimum Gasteiger partial charge on any atom is -0.310 e. The molecule has 0 saturated carbocycles. The van der Waals surface area contributed by atoms with E-state index in [0.29, 0.717) is 11.5 Å². The summed E-state index contributed by atoms with van der Waals surface area (Å²) in [5.74, 6) is 0.430. The number of rotatable bonds is 4. The van der Waals surface area contributed by atoms with E-state index < -0.39 is 5.41 Å². The van der Waals surface area contributed by atoms with E-state index in [0.717, 1.165) is 17.1 Å². The fraction of sp³-hybridized carbons (Fsp3) is 0.0816. The predicted octanol–water partition coefficient (Wildman–Crippen LogP) is 12.8. The van der Waals surface area contributed by atoms with Crippen molar-refractivity contribution in [3.63, 3.8) is 0 Å². The molecular formula is C49H34N2. The van der Waals surface area contributed by atoms with Crippen molar-refractivity contribution >= 4 is 38.6 Å². The predicted molar refractivity (Wildman–Crippen MR) is 211 cm³/mol. The maximum Gasteiger partial charge on any atom is 0.0991 e. The zero-order valence-corrected chi connectivity index (χ0v) is 28.6. The van der Waals surface area contributed by atoms with Crippen molar-refractivity contribution in [2.45, 2.75) is 25.2 Å². The highest BCUT2D eigenvalue weighted by molar-refractivity contribution is 6.14. The Labute approximate surface area is 298 Å². The largest absolute Gasteiger partial charge is 0.310 e. The van der Waals surface area contributed by atoms with Gasteiger partial charge in [0, 0.05) is 16.8 Å². The van der Waals surface area contributed by atoms with Crippen LogP contribution in [-0.2, 0) is 5.41 Å². The second kappa shape index (κ2) is 11.0. The lowest BCUT2D eigenvalue weighted by atomic mass is 9.69. The van der Waals surface area contributed by atoms with Gasteiger partial charge in [0.1, 0.15) is 0 Å². The molecule has 240 valence electrons. The lowest BCUT2D eigenvalue weighted by molar-refractivity contribution is 0.802. The number of fused-ring (bicyclic) bond motifs is 14. The Morgan fingerprint density at radius 3 is 1.75 bits per heavy atom. The highest BCUT2D eigenvalue weighted by Crippen LogP contribution is 2.66. The highest BCUT2D eigenvalue weighted by atomic mass is 15.1. The topological polar surface area (TPSA) is 27.0 Å². The third-order valence-corrected chi connectivity index (χ3v) is 11.3. The van der Waals surface area contributed by atoms with Crippen molar-refractivity contribution in [3.05, 3.63) is 197 Å². The van der Waals surface area contributed by atoms with Crippen LogP contribution in [0, 0.1) is 11.3 Å². The van der Waals surface area contributed by atoms with Gasteiger partial charge in [-0.25, -0.2) is 0 Å². The molecule has 2 aliphatic carbocycles. The monoisotopic (exact) mass is 650 g/mol. The lowest BCUT2D eigenvalue weighted by Gasteiger charge is -2.33. The summed E-state index contributed by atoms with van der Waals surface area (Å²) < 4.78 is 0. The molecule has 2 aliphatic rings. The standard InChI is InChI=1S/C49H34N2/c1-31(2)33-21-26-36(27-22-33)51(35-24-19-32(30-50)20-25-35)46-29-45-47(41-16-6-5-15-40(41)46)42-28-23-34-11-3-4-12-37(34)48(42)49(45)43-17-9-7-13-38(43)39-14-8-10-18-44(39)49/h3-29,31H,1-2H3. The molecule has 10 rings (SSSR count). The average molecular weight is 651 g/mol. The molecule has 0 bridgehead atoms. The van der Waals surface area contributed by atoms with E-state index in [-0.39, 0.29) is 0 Å². The fourth-order valence-corrected chi connectivity index (χ4v) is 9.06. The molecule has 0 N–H and O–H groups in total. The Bertz CT molecular complexity index is 2680. The summed E-state index contributed by atoms with van der Waals surface area (Å²) >= 11 is 0. The molecule has 0 saturated heterocycles. The van der Waals surface area contributed by atoms with Crippen LogP contribution in [0.25, 0.3) is 43.8 Å². The maximum absolute atomic E-state index is 9.71. The number of nitrogens with zero attached hydrogens (tertiary/aromatic N) is 2. The summed E-state index contributed by atoms with van der Waals surface area (Å²) in [5, 5.41) is 14.7. The fourth-order valence-electron chi connectivity index (χ4n) is 9.06. The van der Waals surface area contributed by atoms with Crippen LogP contribution >= 0.6 is 0 Å². The van der Waals surface area contributed by atoms with Gasteiger partial charge in [0.15, 0.2) is 0 Å². The summed E-state index contributed by atoms with van der Waals surface area (Å²) in [7, 11) is 0. The van der Waals surface area contributed by atoms with Crippen molar-refractivity contribution < 1.29 is 0 Å². The lowest BCUT2D eigenvalue weighted by Crippen LogP contribution is -2.26. The van der Waals surface area contributed by atoms with E-state index in [9.17, 15) is 5.26 Å². The molecule has 0 heterocycles. The Morgan fingerprint density at radius 1 is 0.529 bits per heavy atom. The molecule has 1 spiro atoms. The van der Waals surface area contributed by atoms with Gasteiger partial charge in [0.25, 0.3) is 0 Å². The zero-order chi connectivity index (χ0) is 34.3. The van der Waals surface area contributed by atoms with Gasteiger partial charge >= 0.3 is 0 Å². The molecule has 0 aromatic heterocycles. The summed E-state index contributed by atoms with van der Waals surface area (Å²) in [5.41, 5.74) is 15.1. The molecule has 0 amide bonds. The molecule has 0 radical (unpaired) electrons. The number of hydrogen-bond acceptors (Lipinski definition) is 2. The normalized spacial score (nSPS) is 13.2. The second-order valence-corrected chi connectivity index (χ2v) is 14.2. The van der Waals surface area contributed by atoms with Crippen molar-refractivity contribution in [1.29, 1.82) is 5.26 Å². The quantitative estimate of drug-likeness (QED) is 0.189. The Hall–Kier alpha value is -6.43. The van der Waals surface area contributed by atoms with Gasteiger partial charge in [-0.1, -0.05) is 135 Å². The van der Waals surface area contributed by atoms with Crippen molar-refractivity contribution in [1.82, 2.24) is 0 Å². The van der Waals surface area contributed by atoms with Crippen LogP contribution in [-0.4, -0.2) is 0 Å². The van der Waals surface area contributed by atoms with Crippen molar-refractivity contribution in [2.24, 2.45) is 0 Å². The van der Waals surface area contributed by atoms with E-state index in [1.54, 1.807) is 0 Å². The van der Waals surface area contributed by atoms with Gasteiger partial charge in [-0.15, -0.1) is 0 Å². The first-order valence-corrected chi connectivity index (χ1v) is 17.8. The molecule has 8 aromatic rings. The molecular weight excluding hydrogens is 617 g/mol. The molecule has 0 unspecified atom stereocenters. The third kappa shape index (κ3) is 4.04. The van der Waals surface area contributed by atoms with Gasteiger partial charge < -0.3 is 4.90 Å². The van der Waals surface area contributed by atoms with Gasteiger partial charge in [-0.05, 0) is 115 Å². The number of benzene rings is 8. The van der Waals surface area contributed by atoms with Crippen LogP contribution in [0.4, 0.5) is 17.1 Å². The van der Waals surface area contributed by atoms with Crippen LogP contribution in [0.2, 0.25) is 0 Å². The van der Waals surface area contributed by atoms with E-state index in [4.69, 9.17) is 0 Å². The van der Waals surface area contributed by atoms with Crippen LogP contribution < -0.4 is 4.90 Å². The Balaban J connectivity index is 1.37. The zero-order valence-electron chi connectivity index (χ0n) is 28.6. The molecule has 51 heavy (non-hydrogen) atoms. The van der Waals surface area contributed by atoms with Crippen LogP contribution in [0.3, 0.4) is 0 Å². The van der Waals surface area contributed by atoms with E-state index in [2.05, 4.69) is 176 Å². The molecule has 0 fully saturated rings. The number of anilines is 3. The molecule has 2 nitrogen and oxygen atoms in total.